The van der Waals surface area contributed by atoms with Crippen LogP contribution < -0.4 is 5.01 Å². The number of amides is 1. The molecule has 1 aromatic carbocycles. The summed E-state index contributed by atoms with van der Waals surface area (Å²) in [6.07, 6.45) is 3.07. The number of halogens is 2. The second-order valence-electron chi connectivity index (χ2n) is 4.96. The highest BCUT2D eigenvalue weighted by molar-refractivity contribution is 6.34. The number of anilines is 1. The van der Waals surface area contributed by atoms with Crippen LogP contribution >= 0.6 is 11.6 Å². The summed E-state index contributed by atoms with van der Waals surface area (Å²) in [6.45, 7) is 0.769. The molecule has 0 unspecified atom stereocenters. The quantitative estimate of drug-likeness (QED) is 0.860. The minimum Gasteiger partial charge on any atom is -0.378 e. The third-order valence-corrected chi connectivity index (χ3v) is 3.85. The lowest BCUT2D eigenvalue weighted by Gasteiger charge is -2.13. The maximum Gasteiger partial charge on any atom is 0.253 e. The van der Waals surface area contributed by atoms with E-state index in [4.69, 9.17) is 16.3 Å². The van der Waals surface area contributed by atoms with Crippen LogP contribution in [0.4, 0.5) is 10.1 Å². The van der Waals surface area contributed by atoms with E-state index in [1.165, 1.54) is 17.1 Å². The molecule has 0 radical (unpaired) electrons. The van der Waals surface area contributed by atoms with E-state index in [9.17, 15) is 9.18 Å². The first kappa shape index (κ1) is 13.5. The Morgan fingerprint density at radius 2 is 2.35 bits per heavy atom. The van der Waals surface area contributed by atoms with Gasteiger partial charge in [0.05, 0.1) is 23.9 Å². The number of hydrogen-bond donors (Lipinski definition) is 0. The first-order valence-corrected chi connectivity index (χ1v) is 6.98. The highest BCUT2D eigenvalue weighted by Crippen LogP contribution is 2.31. The monoisotopic (exact) mass is 296 g/mol. The van der Waals surface area contributed by atoms with Gasteiger partial charge in [-0.05, 0) is 25.0 Å². The molecule has 1 amide bonds. The van der Waals surface area contributed by atoms with E-state index in [-0.39, 0.29) is 23.5 Å². The summed E-state index contributed by atoms with van der Waals surface area (Å²) in [7, 11) is 0. The molecule has 1 atom stereocenters. The van der Waals surface area contributed by atoms with Crippen molar-refractivity contribution in [3.63, 3.8) is 0 Å². The Hall–Kier alpha value is -1.46. The fourth-order valence-electron chi connectivity index (χ4n) is 2.51. The summed E-state index contributed by atoms with van der Waals surface area (Å²) >= 11 is 5.89. The maximum atomic E-state index is 13.4. The molecule has 3 rings (SSSR count). The number of carbonyl (C=O) groups excluding carboxylic acids is 1. The number of benzene rings is 1. The molecule has 2 aliphatic heterocycles. The predicted molar refractivity (Wildman–Crippen MR) is 74.5 cm³/mol. The second kappa shape index (κ2) is 5.50. The molecule has 6 heteroatoms. The molecule has 2 heterocycles. The highest BCUT2D eigenvalue weighted by atomic mass is 35.5. The minimum atomic E-state index is -0.556. The Kier molecular flexibility index (Phi) is 3.72. The van der Waals surface area contributed by atoms with E-state index < -0.39 is 5.82 Å². The van der Waals surface area contributed by atoms with E-state index in [1.54, 1.807) is 6.07 Å². The lowest BCUT2D eigenvalue weighted by molar-refractivity contribution is -0.116. The van der Waals surface area contributed by atoms with Crippen LogP contribution in [0, 0.1) is 5.82 Å². The number of hydrogen-bond acceptors (Lipinski definition) is 3. The van der Waals surface area contributed by atoms with E-state index in [2.05, 4.69) is 5.10 Å². The molecule has 1 aromatic rings. The number of nitrogens with zero attached hydrogens (tertiary/aromatic N) is 2. The standard InChI is InChI=1S/C14H14ClFN2O2/c15-14-11(16)4-1-5-12(14)18-13(19)8-9(17-18)7-10-3-2-6-20-10/h1,4-5,10H,2-3,6-8H2/t10-/m1/s1. The van der Waals surface area contributed by atoms with Gasteiger partial charge in [0.1, 0.15) is 10.8 Å². The van der Waals surface area contributed by atoms with Crippen LogP contribution in [0.3, 0.4) is 0 Å². The van der Waals surface area contributed by atoms with Gasteiger partial charge in [-0.1, -0.05) is 17.7 Å². The summed E-state index contributed by atoms with van der Waals surface area (Å²) in [4.78, 5) is 12.0. The number of ether oxygens (including phenoxy) is 1. The topological polar surface area (TPSA) is 41.9 Å². The summed E-state index contributed by atoms with van der Waals surface area (Å²) in [5.74, 6) is -0.745. The largest absolute Gasteiger partial charge is 0.378 e. The summed E-state index contributed by atoms with van der Waals surface area (Å²) in [6, 6.07) is 4.35. The SMILES string of the molecule is O=C1CC(C[C@H]2CCCO2)=NN1c1cccc(F)c1Cl. The number of hydrazone groups is 1. The van der Waals surface area contributed by atoms with Gasteiger partial charge in [0.15, 0.2) is 0 Å². The van der Waals surface area contributed by atoms with Crippen molar-refractivity contribution in [2.45, 2.75) is 31.8 Å². The molecule has 0 aliphatic carbocycles. The third-order valence-electron chi connectivity index (χ3n) is 3.48. The van der Waals surface area contributed by atoms with E-state index in [0.717, 1.165) is 25.2 Å². The third kappa shape index (κ3) is 2.55. The molecule has 20 heavy (non-hydrogen) atoms. The van der Waals surface area contributed by atoms with Gasteiger partial charge in [0.2, 0.25) is 0 Å². The summed E-state index contributed by atoms with van der Waals surface area (Å²) < 4.78 is 19.0. The molecule has 2 aliphatic rings. The van der Waals surface area contributed by atoms with Gasteiger partial charge in [0, 0.05) is 13.0 Å². The van der Waals surface area contributed by atoms with Crippen molar-refractivity contribution >= 4 is 28.9 Å². The number of rotatable bonds is 3. The molecule has 0 aromatic heterocycles. The molecule has 0 saturated carbocycles. The average Bonchev–Trinajstić information content (AvgIpc) is 3.03. The smallest absolute Gasteiger partial charge is 0.253 e. The van der Waals surface area contributed by atoms with E-state index in [0.29, 0.717) is 12.1 Å². The van der Waals surface area contributed by atoms with Crippen LogP contribution in [0.15, 0.2) is 23.3 Å². The maximum absolute atomic E-state index is 13.4. The van der Waals surface area contributed by atoms with Crippen molar-refractivity contribution in [1.29, 1.82) is 0 Å². The van der Waals surface area contributed by atoms with E-state index in [1.807, 2.05) is 0 Å². The average molecular weight is 297 g/mol. The molecule has 0 bridgehead atoms. The highest BCUT2D eigenvalue weighted by Gasteiger charge is 2.29. The van der Waals surface area contributed by atoms with Gasteiger partial charge >= 0.3 is 0 Å². The molecule has 0 N–H and O–H groups in total. The molecular weight excluding hydrogens is 283 g/mol. The van der Waals surface area contributed by atoms with Crippen LogP contribution in [0.5, 0.6) is 0 Å². The lowest BCUT2D eigenvalue weighted by Crippen LogP contribution is -2.20. The van der Waals surface area contributed by atoms with Crippen LogP contribution in [0.1, 0.15) is 25.7 Å². The second-order valence-corrected chi connectivity index (χ2v) is 5.34. The fourth-order valence-corrected chi connectivity index (χ4v) is 2.71. The first-order valence-electron chi connectivity index (χ1n) is 6.60. The Labute approximate surface area is 121 Å². The van der Waals surface area contributed by atoms with Gasteiger partial charge in [0.25, 0.3) is 5.91 Å². The van der Waals surface area contributed by atoms with Crippen LogP contribution in [0.2, 0.25) is 5.02 Å². The zero-order valence-corrected chi connectivity index (χ0v) is 11.6. The first-order chi connectivity index (χ1) is 9.65. The van der Waals surface area contributed by atoms with Gasteiger partial charge in [-0.3, -0.25) is 4.79 Å². The van der Waals surface area contributed by atoms with Gasteiger partial charge in [-0.2, -0.15) is 10.1 Å². The van der Waals surface area contributed by atoms with Crippen molar-refractivity contribution < 1.29 is 13.9 Å². The Morgan fingerprint density at radius 1 is 1.50 bits per heavy atom. The summed E-state index contributed by atoms with van der Waals surface area (Å²) in [5.41, 5.74) is 1.06. The fraction of sp³-hybridized carbons (Fsp3) is 0.429. The summed E-state index contributed by atoms with van der Waals surface area (Å²) in [5, 5.41) is 5.38. The molecule has 0 spiro atoms. The molecular formula is C14H14ClFN2O2. The van der Waals surface area contributed by atoms with Crippen LogP contribution in [-0.4, -0.2) is 24.3 Å². The molecule has 1 fully saturated rings. The van der Waals surface area contributed by atoms with Crippen LogP contribution in [0.25, 0.3) is 0 Å². The van der Waals surface area contributed by atoms with E-state index >= 15 is 0 Å². The van der Waals surface area contributed by atoms with Crippen molar-refractivity contribution in [1.82, 2.24) is 0 Å². The Morgan fingerprint density at radius 3 is 3.10 bits per heavy atom. The van der Waals surface area contributed by atoms with Crippen molar-refractivity contribution in [2.75, 3.05) is 11.6 Å². The molecule has 4 nitrogen and oxygen atoms in total. The van der Waals surface area contributed by atoms with Crippen molar-refractivity contribution in [3.05, 3.63) is 29.0 Å². The van der Waals surface area contributed by atoms with Crippen molar-refractivity contribution in [2.24, 2.45) is 5.10 Å². The lowest BCUT2D eigenvalue weighted by atomic mass is 10.1. The Balaban J connectivity index is 1.80. The molecule has 106 valence electrons. The van der Waals surface area contributed by atoms with Gasteiger partial charge < -0.3 is 4.74 Å². The Bertz CT molecular complexity index is 570. The van der Waals surface area contributed by atoms with Gasteiger partial charge in [-0.25, -0.2) is 4.39 Å². The molecule has 1 saturated heterocycles. The predicted octanol–water partition coefficient (Wildman–Crippen LogP) is 3.14. The minimum absolute atomic E-state index is 0.0806. The van der Waals surface area contributed by atoms with Crippen molar-refractivity contribution in [3.8, 4) is 0 Å². The zero-order valence-electron chi connectivity index (χ0n) is 10.8. The number of carbonyl (C=O) groups is 1. The van der Waals surface area contributed by atoms with Gasteiger partial charge in [-0.15, -0.1) is 0 Å². The normalized spacial score (nSPS) is 22.5. The van der Waals surface area contributed by atoms with Crippen LogP contribution in [-0.2, 0) is 9.53 Å². The zero-order chi connectivity index (χ0) is 14.1.